The van der Waals surface area contributed by atoms with Crippen molar-refractivity contribution in [3.8, 4) is 0 Å². The van der Waals surface area contributed by atoms with E-state index in [9.17, 15) is 0 Å². The molecule has 0 spiro atoms. The topological polar surface area (TPSA) is 60.5 Å². The predicted octanol–water partition coefficient (Wildman–Crippen LogP) is 5.25. The molecule has 1 aromatic heterocycles. The molecule has 0 saturated carbocycles. The van der Waals surface area contributed by atoms with E-state index in [1.54, 1.807) is 6.08 Å². The van der Waals surface area contributed by atoms with Gasteiger partial charge in [0.15, 0.2) is 0 Å². The Morgan fingerprint density at radius 3 is 2.00 bits per heavy atom. The molecule has 0 radical (unpaired) electrons. The number of oxime groups is 1. The van der Waals surface area contributed by atoms with Crippen LogP contribution in [0.15, 0.2) is 101 Å². The van der Waals surface area contributed by atoms with Crippen LogP contribution in [0.5, 0.6) is 0 Å². The van der Waals surface area contributed by atoms with Crippen LogP contribution in [0.2, 0.25) is 0 Å². The summed E-state index contributed by atoms with van der Waals surface area (Å²) in [5.74, 6) is 0.977. The van der Waals surface area contributed by atoms with Gasteiger partial charge < -0.3 is 9.25 Å². The van der Waals surface area contributed by atoms with Crippen LogP contribution in [-0.2, 0) is 11.3 Å². The molecule has 0 aliphatic heterocycles. The molecule has 4 aromatic rings. The molecule has 148 valence electrons. The zero-order valence-corrected chi connectivity index (χ0v) is 16.4. The summed E-state index contributed by atoms with van der Waals surface area (Å²) < 4.78 is 5.64. The molecule has 0 amide bonds. The highest BCUT2D eigenvalue weighted by Crippen LogP contribution is 2.12. The largest absolute Gasteiger partial charge is 0.421 e. The second kappa shape index (κ2) is 9.98. The summed E-state index contributed by atoms with van der Waals surface area (Å²) in [4.78, 5) is 5.59. The standard InChI is InChI=1S/C25H21N3O2/c1-4-10-20(11-5-1)16-17-23-26-27-24(30-23)18-19-29-28-25(21-12-6-2-7-13-21)22-14-8-3-9-15-22/h1-17H,18-19H2/b17-16+. The Bertz CT molecular complexity index is 1060. The molecule has 0 unspecified atom stereocenters. The molecule has 5 heteroatoms. The van der Waals surface area contributed by atoms with Crippen LogP contribution in [0.25, 0.3) is 12.2 Å². The van der Waals surface area contributed by atoms with Crippen molar-refractivity contribution in [3.63, 3.8) is 0 Å². The van der Waals surface area contributed by atoms with Crippen LogP contribution in [0.1, 0.15) is 28.5 Å². The molecule has 0 saturated heterocycles. The van der Waals surface area contributed by atoms with E-state index >= 15 is 0 Å². The summed E-state index contributed by atoms with van der Waals surface area (Å²) in [6.07, 6.45) is 4.21. The minimum absolute atomic E-state index is 0.340. The van der Waals surface area contributed by atoms with E-state index in [0.717, 1.165) is 22.4 Å². The van der Waals surface area contributed by atoms with Crippen LogP contribution < -0.4 is 0 Å². The van der Waals surface area contributed by atoms with E-state index in [1.807, 2.05) is 97.1 Å². The fourth-order valence-electron chi connectivity index (χ4n) is 2.87. The van der Waals surface area contributed by atoms with Gasteiger partial charge in [-0.3, -0.25) is 0 Å². The van der Waals surface area contributed by atoms with Crippen molar-refractivity contribution >= 4 is 17.9 Å². The van der Waals surface area contributed by atoms with Gasteiger partial charge in [0, 0.05) is 17.2 Å². The number of rotatable bonds is 8. The number of nitrogens with zero attached hydrogens (tertiary/aromatic N) is 3. The van der Waals surface area contributed by atoms with E-state index < -0.39 is 0 Å². The highest BCUT2D eigenvalue weighted by atomic mass is 16.6. The van der Waals surface area contributed by atoms with Crippen molar-refractivity contribution < 1.29 is 9.25 Å². The molecule has 0 aliphatic carbocycles. The molecular formula is C25H21N3O2. The van der Waals surface area contributed by atoms with Gasteiger partial charge in [0.1, 0.15) is 12.3 Å². The first kappa shape index (κ1) is 19.3. The summed E-state index contributed by atoms with van der Waals surface area (Å²) in [6.45, 7) is 0.340. The highest BCUT2D eigenvalue weighted by Gasteiger charge is 2.08. The fourth-order valence-corrected chi connectivity index (χ4v) is 2.87. The first-order chi connectivity index (χ1) is 14.9. The zero-order chi connectivity index (χ0) is 20.4. The molecule has 0 atom stereocenters. The van der Waals surface area contributed by atoms with E-state index in [0.29, 0.717) is 24.8 Å². The monoisotopic (exact) mass is 395 g/mol. The molecule has 0 fully saturated rings. The van der Waals surface area contributed by atoms with Crippen LogP contribution in [0.3, 0.4) is 0 Å². The maximum absolute atomic E-state index is 5.64. The first-order valence-electron chi connectivity index (χ1n) is 9.75. The Labute approximate surface area is 175 Å². The molecule has 30 heavy (non-hydrogen) atoms. The van der Waals surface area contributed by atoms with Crippen molar-refractivity contribution in [1.82, 2.24) is 10.2 Å². The van der Waals surface area contributed by atoms with Gasteiger partial charge in [0.2, 0.25) is 11.8 Å². The van der Waals surface area contributed by atoms with E-state index in [4.69, 9.17) is 9.25 Å². The van der Waals surface area contributed by atoms with E-state index in [1.165, 1.54) is 0 Å². The second-order valence-electron chi connectivity index (χ2n) is 6.53. The van der Waals surface area contributed by atoms with Crippen molar-refractivity contribution in [3.05, 3.63) is 119 Å². The van der Waals surface area contributed by atoms with Crippen LogP contribution in [0, 0.1) is 0 Å². The van der Waals surface area contributed by atoms with E-state index in [-0.39, 0.29) is 0 Å². The van der Waals surface area contributed by atoms with Crippen LogP contribution in [0.4, 0.5) is 0 Å². The lowest BCUT2D eigenvalue weighted by atomic mass is 10.0. The smallest absolute Gasteiger partial charge is 0.240 e. The molecular weight excluding hydrogens is 374 g/mol. The quantitative estimate of drug-likeness (QED) is 0.232. The van der Waals surface area contributed by atoms with Gasteiger partial charge >= 0.3 is 0 Å². The van der Waals surface area contributed by atoms with Gasteiger partial charge in [-0.1, -0.05) is 96.2 Å². The molecule has 5 nitrogen and oxygen atoms in total. The lowest BCUT2D eigenvalue weighted by molar-refractivity contribution is 0.143. The number of aromatic nitrogens is 2. The summed E-state index contributed by atoms with van der Waals surface area (Å²) >= 11 is 0. The minimum atomic E-state index is 0.340. The minimum Gasteiger partial charge on any atom is -0.421 e. The third kappa shape index (κ3) is 5.29. The Hall–Kier alpha value is -3.99. The molecule has 0 bridgehead atoms. The first-order valence-corrected chi connectivity index (χ1v) is 9.75. The summed E-state index contributed by atoms with van der Waals surface area (Å²) in [6, 6.07) is 29.9. The van der Waals surface area contributed by atoms with Crippen molar-refractivity contribution in [1.29, 1.82) is 0 Å². The molecule has 0 aliphatic rings. The number of hydrogen-bond acceptors (Lipinski definition) is 5. The summed E-state index contributed by atoms with van der Waals surface area (Å²) in [5, 5.41) is 12.5. The summed E-state index contributed by atoms with van der Waals surface area (Å²) in [5.41, 5.74) is 3.85. The third-order valence-electron chi connectivity index (χ3n) is 4.36. The van der Waals surface area contributed by atoms with Gasteiger partial charge in [-0.15, -0.1) is 10.2 Å². The summed E-state index contributed by atoms with van der Waals surface area (Å²) in [7, 11) is 0. The Morgan fingerprint density at radius 2 is 1.37 bits per heavy atom. The molecule has 4 rings (SSSR count). The van der Waals surface area contributed by atoms with Crippen molar-refractivity contribution in [2.24, 2.45) is 5.16 Å². The zero-order valence-electron chi connectivity index (χ0n) is 16.4. The Morgan fingerprint density at radius 1 is 0.767 bits per heavy atom. The highest BCUT2D eigenvalue weighted by molar-refractivity contribution is 6.12. The fraction of sp³-hybridized carbons (Fsp3) is 0.0800. The normalized spacial score (nSPS) is 10.8. The van der Waals surface area contributed by atoms with E-state index in [2.05, 4.69) is 15.4 Å². The van der Waals surface area contributed by atoms with Crippen molar-refractivity contribution in [2.75, 3.05) is 6.61 Å². The number of benzene rings is 3. The SMILES string of the molecule is C(=C\c1nnc(CCON=C(c2ccccc2)c2ccccc2)o1)/c1ccccc1. The Balaban J connectivity index is 1.38. The lowest BCUT2D eigenvalue weighted by Gasteiger charge is -2.07. The third-order valence-corrected chi connectivity index (χ3v) is 4.36. The molecule has 0 N–H and O–H groups in total. The van der Waals surface area contributed by atoms with Gasteiger partial charge in [0.25, 0.3) is 0 Å². The van der Waals surface area contributed by atoms with Gasteiger partial charge in [-0.05, 0) is 11.6 Å². The van der Waals surface area contributed by atoms with Crippen molar-refractivity contribution in [2.45, 2.75) is 6.42 Å². The van der Waals surface area contributed by atoms with Gasteiger partial charge in [0.05, 0.1) is 6.42 Å². The predicted molar refractivity (Wildman–Crippen MR) is 118 cm³/mol. The maximum Gasteiger partial charge on any atom is 0.240 e. The van der Waals surface area contributed by atoms with Gasteiger partial charge in [-0.25, -0.2) is 0 Å². The van der Waals surface area contributed by atoms with Crippen LogP contribution >= 0.6 is 0 Å². The maximum atomic E-state index is 5.64. The average Bonchev–Trinajstić information content (AvgIpc) is 3.27. The van der Waals surface area contributed by atoms with Gasteiger partial charge in [-0.2, -0.15) is 0 Å². The Kier molecular flexibility index (Phi) is 6.43. The van der Waals surface area contributed by atoms with Crippen LogP contribution in [-0.4, -0.2) is 22.5 Å². The lowest BCUT2D eigenvalue weighted by Crippen LogP contribution is -2.05. The second-order valence-corrected chi connectivity index (χ2v) is 6.53. The number of hydrogen-bond donors (Lipinski definition) is 0. The molecule has 3 aromatic carbocycles. The molecule has 1 heterocycles. The average molecular weight is 395 g/mol.